The summed E-state index contributed by atoms with van der Waals surface area (Å²) in [5, 5.41) is 6.50. The fourth-order valence-corrected chi connectivity index (χ4v) is 2.84. The van der Waals surface area contributed by atoms with Crippen LogP contribution in [0, 0.1) is 5.92 Å². The second kappa shape index (κ2) is 13.4. The van der Waals surface area contributed by atoms with Crippen molar-refractivity contribution in [2.45, 2.75) is 58.8 Å². The predicted octanol–water partition coefficient (Wildman–Crippen LogP) is 2.77. The van der Waals surface area contributed by atoms with Gasteiger partial charge in [0.2, 0.25) is 0 Å². The fourth-order valence-electron chi connectivity index (χ4n) is 1.94. The van der Waals surface area contributed by atoms with Gasteiger partial charge in [-0.2, -0.15) is 0 Å². The van der Waals surface area contributed by atoms with Gasteiger partial charge in [0.15, 0.2) is 5.96 Å². The van der Waals surface area contributed by atoms with Gasteiger partial charge in [0.25, 0.3) is 0 Å². The first-order valence-corrected chi connectivity index (χ1v) is 9.48. The van der Waals surface area contributed by atoms with Crippen molar-refractivity contribution >= 4 is 40.7 Å². The van der Waals surface area contributed by atoms with E-state index in [1.54, 1.807) is 7.05 Å². The molecule has 2 unspecified atom stereocenters. The third kappa shape index (κ3) is 12.2. The molecule has 0 bridgehead atoms. The molecule has 0 rings (SSSR count). The number of nitrogens with zero attached hydrogens (tertiary/aromatic N) is 1. The van der Waals surface area contributed by atoms with E-state index >= 15 is 0 Å². The van der Waals surface area contributed by atoms with Gasteiger partial charge in [-0.25, -0.2) is 0 Å². The summed E-state index contributed by atoms with van der Waals surface area (Å²) in [6, 6.07) is 0. The molecule has 2 N–H and O–H groups in total. The molecule has 0 saturated carbocycles. The third-order valence-electron chi connectivity index (χ3n) is 3.33. The van der Waals surface area contributed by atoms with Crippen LogP contribution in [0.15, 0.2) is 4.99 Å². The molecule has 0 aromatic rings. The van der Waals surface area contributed by atoms with E-state index in [4.69, 9.17) is 4.74 Å². The number of ether oxygens (including phenoxy) is 1. The zero-order valence-electron chi connectivity index (χ0n) is 15.8. The number of rotatable bonds is 9. The van der Waals surface area contributed by atoms with Crippen LogP contribution in [0.25, 0.3) is 0 Å². The minimum absolute atomic E-state index is 0. The first kappa shape index (κ1) is 25.4. The summed E-state index contributed by atoms with van der Waals surface area (Å²) in [5.74, 6) is 1.88. The zero-order valence-corrected chi connectivity index (χ0v) is 18.9. The number of halogens is 1. The second-order valence-corrected chi connectivity index (χ2v) is 8.94. The van der Waals surface area contributed by atoms with Gasteiger partial charge in [-0.15, -0.1) is 24.0 Å². The molecule has 23 heavy (non-hydrogen) atoms. The SMILES string of the molecule is CCOC(CCNC(=NC)NCCS(=O)C(C)(C)C)C(C)C.I. The standard InChI is InChI=1S/C16H35N3O2S.HI/c1-8-21-14(13(2)3)9-10-18-15(17-7)19-11-12-22(20)16(4,5)6;/h13-14H,8-12H2,1-7H3,(H2,17,18,19);1H. The number of aliphatic imine (C=N–C) groups is 1. The lowest BCUT2D eigenvalue weighted by atomic mass is 10.0. The van der Waals surface area contributed by atoms with Crippen LogP contribution in [0.5, 0.6) is 0 Å². The topological polar surface area (TPSA) is 62.7 Å². The Kier molecular flexibility index (Phi) is 14.8. The summed E-state index contributed by atoms with van der Waals surface area (Å²) < 4.78 is 17.5. The van der Waals surface area contributed by atoms with Crippen LogP contribution in [0.2, 0.25) is 0 Å². The van der Waals surface area contributed by atoms with Crippen molar-refractivity contribution in [1.29, 1.82) is 0 Å². The summed E-state index contributed by atoms with van der Waals surface area (Å²) in [6.45, 7) is 14.6. The highest BCUT2D eigenvalue weighted by molar-refractivity contribution is 14.0. The van der Waals surface area contributed by atoms with Crippen LogP contribution < -0.4 is 10.6 Å². The van der Waals surface area contributed by atoms with E-state index < -0.39 is 10.8 Å². The lowest BCUT2D eigenvalue weighted by Gasteiger charge is -2.22. The number of hydrogen-bond acceptors (Lipinski definition) is 3. The van der Waals surface area contributed by atoms with Crippen molar-refractivity contribution < 1.29 is 8.95 Å². The van der Waals surface area contributed by atoms with Gasteiger partial charge in [0.05, 0.1) is 6.10 Å². The van der Waals surface area contributed by atoms with E-state index in [0.717, 1.165) is 25.5 Å². The molecular weight excluding hydrogens is 425 g/mol. The Morgan fingerprint density at radius 3 is 2.22 bits per heavy atom. The van der Waals surface area contributed by atoms with E-state index in [0.29, 0.717) is 18.2 Å². The maximum absolute atomic E-state index is 12.0. The van der Waals surface area contributed by atoms with Crippen LogP contribution in [-0.4, -0.2) is 53.5 Å². The number of nitrogens with one attached hydrogen (secondary N) is 2. The Labute approximate surface area is 162 Å². The van der Waals surface area contributed by atoms with Crippen LogP contribution in [0.4, 0.5) is 0 Å². The highest BCUT2D eigenvalue weighted by Gasteiger charge is 2.18. The summed E-state index contributed by atoms with van der Waals surface area (Å²) in [4.78, 5) is 4.19. The highest BCUT2D eigenvalue weighted by atomic mass is 127. The van der Waals surface area contributed by atoms with Crippen molar-refractivity contribution in [3.63, 3.8) is 0 Å². The molecule has 2 atom stereocenters. The van der Waals surface area contributed by atoms with Crippen molar-refractivity contribution in [3.05, 3.63) is 0 Å². The van der Waals surface area contributed by atoms with Gasteiger partial charge < -0.3 is 15.4 Å². The molecule has 7 heteroatoms. The van der Waals surface area contributed by atoms with Gasteiger partial charge in [0.1, 0.15) is 0 Å². The van der Waals surface area contributed by atoms with E-state index in [9.17, 15) is 4.21 Å². The fraction of sp³-hybridized carbons (Fsp3) is 0.938. The molecule has 140 valence electrons. The lowest BCUT2D eigenvalue weighted by molar-refractivity contribution is 0.0258. The summed E-state index contributed by atoms with van der Waals surface area (Å²) >= 11 is 0. The molecule has 0 radical (unpaired) electrons. The average molecular weight is 461 g/mol. The van der Waals surface area contributed by atoms with Gasteiger partial charge in [0, 0.05) is 48.0 Å². The Morgan fingerprint density at radius 1 is 1.22 bits per heavy atom. The Bertz CT molecular complexity index is 358. The number of hydrogen-bond donors (Lipinski definition) is 2. The predicted molar refractivity (Wildman–Crippen MR) is 112 cm³/mol. The summed E-state index contributed by atoms with van der Waals surface area (Å²) in [7, 11) is 0.906. The largest absolute Gasteiger partial charge is 0.378 e. The highest BCUT2D eigenvalue weighted by Crippen LogP contribution is 2.11. The first-order valence-electron chi connectivity index (χ1n) is 8.17. The molecule has 0 aliphatic carbocycles. The van der Waals surface area contributed by atoms with Crippen LogP contribution in [0.1, 0.15) is 48.0 Å². The smallest absolute Gasteiger partial charge is 0.191 e. The summed E-state index contributed by atoms with van der Waals surface area (Å²) in [5.41, 5.74) is 0. The van der Waals surface area contributed by atoms with E-state index in [2.05, 4.69) is 29.5 Å². The minimum atomic E-state index is -0.843. The van der Waals surface area contributed by atoms with Gasteiger partial charge in [-0.05, 0) is 40.0 Å². The van der Waals surface area contributed by atoms with E-state index in [-0.39, 0.29) is 34.8 Å². The average Bonchev–Trinajstić information content (AvgIpc) is 2.43. The van der Waals surface area contributed by atoms with E-state index in [1.165, 1.54) is 0 Å². The molecule has 0 amide bonds. The van der Waals surface area contributed by atoms with Crippen molar-refractivity contribution in [3.8, 4) is 0 Å². The third-order valence-corrected chi connectivity index (χ3v) is 5.27. The van der Waals surface area contributed by atoms with Crippen LogP contribution in [-0.2, 0) is 15.5 Å². The molecule has 0 heterocycles. The molecule has 0 saturated heterocycles. The lowest BCUT2D eigenvalue weighted by Crippen LogP contribution is -2.41. The molecule has 0 aliphatic rings. The van der Waals surface area contributed by atoms with Crippen LogP contribution >= 0.6 is 24.0 Å². The monoisotopic (exact) mass is 461 g/mol. The van der Waals surface area contributed by atoms with Gasteiger partial charge >= 0.3 is 0 Å². The maximum atomic E-state index is 12.0. The van der Waals surface area contributed by atoms with Gasteiger partial charge in [-0.1, -0.05) is 13.8 Å². The molecule has 0 aromatic heterocycles. The molecule has 0 fully saturated rings. The molecule has 0 aliphatic heterocycles. The Morgan fingerprint density at radius 2 is 1.78 bits per heavy atom. The minimum Gasteiger partial charge on any atom is -0.378 e. The summed E-state index contributed by atoms with van der Waals surface area (Å²) in [6.07, 6.45) is 1.21. The van der Waals surface area contributed by atoms with Crippen molar-refractivity contribution in [2.24, 2.45) is 10.9 Å². The molecule has 0 aromatic carbocycles. The van der Waals surface area contributed by atoms with E-state index in [1.807, 2.05) is 27.7 Å². The van der Waals surface area contributed by atoms with Crippen LogP contribution in [0.3, 0.4) is 0 Å². The van der Waals surface area contributed by atoms with Crippen molar-refractivity contribution in [2.75, 3.05) is 32.5 Å². The number of guanidine groups is 1. The molecule has 0 spiro atoms. The Balaban J connectivity index is 0. The second-order valence-electron chi connectivity index (χ2n) is 6.61. The van der Waals surface area contributed by atoms with Gasteiger partial charge in [-0.3, -0.25) is 9.20 Å². The zero-order chi connectivity index (χ0) is 17.2. The maximum Gasteiger partial charge on any atom is 0.191 e. The first-order chi connectivity index (χ1) is 10.2. The molecular formula is C16H36IN3O2S. The quantitative estimate of drug-likeness (QED) is 0.315. The Hall–Kier alpha value is 0.110. The molecule has 5 nitrogen and oxygen atoms in total. The normalized spacial score (nSPS) is 15.0. The van der Waals surface area contributed by atoms with Crippen molar-refractivity contribution in [1.82, 2.24) is 10.6 Å².